The Morgan fingerprint density at radius 2 is 1.83 bits per heavy atom. The molecule has 0 amide bonds. The summed E-state index contributed by atoms with van der Waals surface area (Å²) in [4.78, 5) is 8.35. The van der Waals surface area contributed by atoms with Crippen molar-refractivity contribution in [3.8, 4) is 0 Å². The zero-order chi connectivity index (χ0) is 14.3. The molecule has 0 unspecified atom stereocenters. The average Bonchev–Trinajstić information content (AvgIpc) is 2.12. The molecule has 0 bridgehead atoms. The summed E-state index contributed by atoms with van der Waals surface area (Å²) in [6, 6.07) is 0.570. The number of hydrogen-bond donors (Lipinski definition) is 1. The lowest BCUT2D eigenvalue weighted by Gasteiger charge is -2.10. The first-order valence-corrected chi connectivity index (χ1v) is 6.36. The Morgan fingerprint density at radius 1 is 1.33 bits per heavy atom. The first kappa shape index (κ1) is 14.9. The van der Waals surface area contributed by atoms with Gasteiger partial charge in [-0.15, -0.1) is 0 Å². The number of nitro benzene ring substituents is 1. The van der Waals surface area contributed by atoms with E-state index in [0.29, 0.717) is 6.07 Å². The second kappa shape index (κ2) is 4.48. The van der Waals surface area contributed by atoms with Gasteiger partial charge in [0.1, 0.15) is 5.56 Å². The highest BCUT2D eigenvalue weighted by Crippen LogP contribution is 2.39. The summed E-state index contributed by atoms with van der Waals surface area (Å²) < 4.78 is 59.3. The van der Waals surface area contributed by atoms with Gasteiger partial charge < -0.3 is 0 Å². The fourth-order valence-electron chi connectivity index (χ4n) is 1.14. The van der Waals surface area contributed by atoms with Gasteiger partial charge in [0.25, 0.3) is 5.69 Å². The smallest absolute Gasteiger partial charge is 0.258 e. The van der Waals surface area contributed by atoms with Gasteiger partial charge in [-0.05, 0) is 22.0 Å². The first-order valence-electron chi connectivity index (χ1n) is 4.02. The Hall–Kier alpha value is -1.20. The second-order valence-corrected chi connectivity index (χ2v) is 5.48. The van der Waals surface area contributed by atoms with Gasteiger partial charge in [0.05, 0.1) is 9.82 Å². The second-order valence-electron chi connectivity index (χ2n) is 3.10. The normalized spacial score (nSPS) is 12.5. The third-order valence-electron chi connectivity index (χ3n) is 1.86. The van der Waals surface area contributed by atoms with Crippen molar-refractivity contribution in [3.05, 3.63) is 32.3 Å². The van der Waals surface area contributed by atoms with Crippen LogP contribution in [0.15, 0.2) is 21.5 Å². The van der Waals surface area contributed by atoms with Crippen molar-refractivity contribution < 1.29 is 26.5 Å². The quantitative estimate of drug-likeness (QED) is 0.652. The molecule has 0 fully saturated rings. The topological polar surface area (TPSA) is 103 Å². The minimum absolute atomic E-state index is 0.123. The molecule has 0 aliphatic rings. The van der Waals surface area contributed by atoms with Gasteiger partial charge in [0.15, 0.2) is 0 Å². The maximum Gasteiger partial charge on any atom is 0.423 e. The summed E-state index contributed by atoms with van der Waals surface area (Å²) >= 11 is 2.62. The largest absolute Gasteiger partial charge is 0.423 e. The molecular formula is C7H4BrF3N2O4S. The number of nitrogens with zero attached hydrogens (tertiary/aromatic N) is 1. The molecule has 18 heavy (non-hydrogen) atoms. The number of rotatable bonds is 2. The van der Waals surface area contributed by atoms with Crippen LogP contribution in [0.5, 0.6) is 0 Å². The fourth-order valence-corrected chi connectivity index (χ4v) is 2.76. The SMILES string of the molecule is NS(=O)(=O)c1cc(C(F)(F)F)c([N+](=O)[O-])cc1Br. The fraction of sp³-hybridized carbons (Fsp3) is 0.143. The lowest BCUT2D eigenvalue weighted by molar-refractivity contribution is -0.388. The molecule has 1 rings (SSSR count). The van der Waals surface area contributed by atoms with E-state index in [0.717, 1.165) is 0 Å². The maximum atomic E-state index is 12.6. The van der Waals surface area contributed by atoms with Gasteiger partial charge in [-0.1, -0.05) is 0 Å². The summed E-state index contributed by atoms with van der Waals surface area (Å²) in [5.74, 6) is 0. The highest BCUT2D eigenvalue weighted by molar-refractivity contribution is 9.10. The Labute approximate surface area is 107 Å². The van der Waals surface area contributed by atoms with E-state index in [1.807, 2.05) is 0 Å². The molecule has 1 aromatic carbocycles. The first-order chi connectivity index (χ1) is 7.94. The number of primary sulfonamides is 1. The lowest BCUT2D eigenvalue weighted by atomic mass is 10.2. The van der Waals surface area contributed by atoms with Crippen LogP contribution >= 0.6 is 15.9 Å². The minimum atomic E-state index is -5.07. The van der Waals surface area contributed by atoms with Crippen LogP contribution in [0.25, 0.3) is 0 Å². The van der Waals surface area contributed by atoms with Crippen LogP contribution in [0.4, 0.5) is 18.9 Å². The predicted molar refractivity (Wildman–Crippen MR) is 57.2 cm³/mol. The Kier molecular flexibility index (Phi) is 3.70. The summed E-state index contributed by atoms with van der Waals surface area (Å²) in [6.07, 6.45) is -5.07. The third kappa shape index (κ3) is 2.97. The maximum absolute atomic E-state index is 12.6. The zero-order valence-electron chi connectivity index (χ0n) is 8.23. The number of nitro groups is 1. The van der Waals surface area contributed by atoms with Crippen LogP contribution in [-0.4, -0.2) is 13.3 Å². The van der Waals surface area contributed by atoms with Crippen molar-refractivity contribution >= 4 is 31.6 Å². The molecule has 100 valence electrons. The van der Waals surface area contributed by atoms with Gasteiger partial charge >= 0.3 is 6.18 Å². The molecule has 0 aliphatic carbocycles. The molecular weight excluding hydrogens is 345 g/mol. The van der Waals surface area contributed by atoms with Crippen molar-refractivity contribution in [1.29, 1.82) is 0 Å². The van der Waals surface area contributed by atoms with Crippen LogP contribution in [0.1, 0.15) is 5.56 Å². The highest BCUT2D eigenvalue weighted by atomic mass is 79.9. The average molecular weight is 349 g/mol. The number of alkyl halides is 3. The van der Waals surface area contributed by atoms with Crippen LogP contribution in [-0.2, 0) is 16.2 Å². The Bertz CT molecular complexity index is 614. The molecule has 6 nitrogen and oxygen atoms in total. The number of hydrogen-bond acceptors (Lipinski definition) is 4. The Balaban J connectivity index is 3.73. The van der Waals surface area contributed by atoms with E-state index in [4.69, 9.17) is 5.14 Å². The van der Waals surface area contributed by atoms with Crippen molar-refractivity contribution in [2.45, 2.75) is 11.1 Å². The zero-order valence-corrected chi connectivity index (χ0v) is 10.6. The number of nitrogens with two attached hydrogens (primary N) is 1. The molecule has 0 aromatic heterocycles. The number of benzene rings is 1. The standard InChI is InChI=1S/C7H4BrF3N2O4S/c8-4-2-5(13(14)15)3(7(9,10)11)1-6(4)18(12,16)17/h1-2H,(H2,12,16,17). The molecule has 0 radical (unpaired) electrons. The molecule has 1 aromatic rings. The van der Waals surface area contributed by atoms with Gasteiger partial charge in [0, 0.05) is 10.5 Å². The summed E-state index contributed by atoms with van der Waals surface area (Å²) in [5, 5.41) is 15.2. The van der Waals surface area contributed by atoms with E-state index in [-0.39, 0.29) is 6.07 Å². The van der Waals surface area contributed by atoms with E-state index in [1.54, 1.807) is 0 Å². The lowest BCUT2D eigenvalue weighted by Crippen LogP contribution is -2.16. The number of halogens is 4. The van der Waals surface area contributed by atoms with Crippen molar-refractivity contribution in [2.24, 2.45) is 5.14 Å². The minimum Gasteiger partial charge on any atom is -0.258 e. The van der Waals surface area contributed by atoms with Gasteiger partial charge in [-0.25, -0.2) is 13.6 Å². The molecule has 0 saturated heterocycles. The van der Waals surface area contributed by atoms with E-state index in [2.05, 4.69) is 15.9 Å². The van der Waals surface area contributed by atoms with Crippen LogP contribution in [0.2, 0.25) is 0 Å². The summed E-state index contributed by atoms with van der Waals surface area (Å²) in [6.45, 7) is 0. The van der Waals surface area contributed by atoms with Gasteiger partial charge in [-0.2, -0.15) is 13.2 Å². The van der Waals surface area contributed by atoms with Crippen molar-refractivity contribution in [3.63, 3.8) is 0 Å². The molecule has 11 heteroatoms. The van der Waals surface area contributed by atoms with E-state index >= 15 is 0 Å². The number of sulfonamides is 1. The summed E-state index contributed by atoms with van der Waals surface area (Å²) in [7, 11) is -4.43. The molecule has 0 spiro atoms. The van der Waals surface area contributed by atoms with Crippen LogP contribution in [0, 0.1) is 10.1 Å². The third-order valence-corrected chi connectivity index (χ3v) is 3.73. The van der Waals surface area contributed by atoms with Gasteiger partial charge in [0.2, 0.25) is 10.0 Å². The Morgan fingerprint density at radius 3 is 2.17 bits per heavy atom. The highest BCUT2D eigenvalue weighted by Gasteiger charge is 2.40. The van der Waals surface area contributed by atoms with E-state index in [9.17, 15) is 31.7 Å². The molecule has 0 heterocycles. The van der Waals surface area contributed by atoms with Crippen LogP contribution in [0.3, 0.4) is 0 Å². The van der Waals surface area contributed by atoms with Crippen molar-refractivity contribution in [1.82, 2.24) is 0 Å². The van der Waals surface area contributed by atoms with E-state index < -0.39 is 41.7 Å². The predicted octanol–water partition coefficient (Wildman–Crippen LogP) is 2.02. The molecule has 0 atom stereocenters. The van der Waals surface area contributed by atoms with Crippen LogP contribution < -0.4 is 5.14 Å². The van der Waals surface area contributed by atoms with Gasteiger partial charge in [-0.3, -0.25) is 10.1 Å². The molecule has 0 aliphatic heterocycles. The van der Waals surface area contributed by atoms with Crippen molar-refractivity contribution in [2.75, 3.05) is 0 Å². The monoisotopic (exact) mass is 348 g/mol. The van der Waals surface area contributed by atoms with E-state index in [1.165, 1.54) is 0 Å². The summed E-state index contributed by atoms with van der Waals surface area (Å²) in [5.41, 5.74) is -2.94. The molecule has 2 N–H and O–H groups in total. The molecule has 0 saturated carbocycles.